The van der Waals surface area contributed by atoms with Crippen molar-refractivity contribution in [2.45, 2.75) is 26.3 Å². The molecule has 17 heavy (non-hydrogen) atoms. The maximum Gasteiger partial charge on any atom is 0.203 e. The third-order valence-electron chi connectivity index (χ3n) is 3.33. The highest BCUT2D eigenvalue weighted by atomic mass is 15.2. The molecule has 3 nitrogen and oxygen atoms in total. The molecule has 0 spiro atoms. The zero-order chi connectivity index (χ0) is 11.8. The first-order valence-electron chi connectivity index (χ1n) is 6.09. The van der Waals surface area contributed by atoms with Gasteiger partial charge in [-0.1, -0.05) is 29.3 Å². The van der Waals surface area contributed by atoms with Crippen LogP contribution in [0, 0.1) is 13.8 Å². The number of aromatic nitrogens is 2. The molecular formula is C14H17N3. The molecule has 1 unspecified atom stereocenters. The highest BCUT2D eigenvalue weighted by Crippen LogP contribution is 2.29. The Bertz CT molecular complexity index is 522. The van der Waals surface area contributed by atoms with Crippen molar-refractivity contribution in [2.75, 3.05) is 11.9 Å². The maximum atomic E-state index is 4.33. The van der Waals surface area contributed by atoms with Crippen molar-refractivity contribution in [3.8, 4) is 0 Å². The second-order valence-electron chi connectivity index (χ2n) is 4.81. The minimum absolute atomic E-state index is 0.423. The first kappa shape index (κ1) is 10.4. The van der Waals surface area contributed by atoms with Crippen LogP contribution in [-0.4, -0.2) is 16.1 Å². The Labute approximate surface area is 101 Å². The van der Waals surface area contributed by atoms with Gasteiger partial charge in [0, 0.05) is 18.9 Å². The SMILES string of the molecule is Cc1cc(C)cc(C2CCNc3nccn32)c1. The summed E-state index contributed by atoms with van der Waals surface area (Å²) in [5, 5.41) is 3.32. The smallest absolute Gasteiger partial charge is 0.203 e. The lowest BCUT2D eigenvalue weighted by Gasteiger charge is -2.27. The summed E-state index contributed by atoms with van der Waals surface area (Å²) in [6.07, 6.45) is 5.04. The average molecular weight is 227 g/mol. The summed E-state index contributed by atoms with van der Waals surface area (Å²) in [6, 6.07) is 7.21. The van der Waals surface area contributed by atoms with Crippen molar-refractivity contribution >= 4 is 5.95 Å². The number of fused-ring (bicyclic) bond motifs is 1. The molecular weight excluding hydrogens is 210 g/mol. The highest BCUT2D eigenvalue weighted by Gasteiger charge is 2.21. The van der Waals surface area contributed by atoms with Gasteiger partial charge in [-0.25, -0.2) is 4.98 Å². The summed E-state index contributed by atoms with van der Waals surface area (Å²) in [6.45, 7) is 5.31. The Morgan fingerprint density at radius 1 is 1.24 bits per heavy atom. The summed E-state index contributed by atoms with van der Waals surface area (Å²) < 4.78 is 2.23. The minimum Gasteiger partial charge on any atom is -0.356 e. The third-order valence-corrected chi connectivity index (χ3v) is 3.33. The number of nitrogens with one attached hydrogen (secondary N) is 1. The van der Waals surface area contributed by atoms with Gasteiger partial charge in [0.1, 0.15) is 0 Å². The Morgan fingerprint density at radius 2 is 2.00 bits per heavy atom. The second-order valence-corrected chi connectivity index (χ2v) is 4.81. The van der Waals surface area contributed by atoms with Crippen LogP contribution in [0.2, 0.25) is 0 Å². The molecule has 0 aliphatic carbocycles. The van der Waals surface area contributed by atoms with Gasteiger partial charge < -0.3 is 9.88 Å². The summed E-state index contributed by atoms with van der Waals surface area (Å²) in [4.78, 5) is 4.33. The molecule has 2 heterocycles. The Balaban J connectivity index is 2.06. The van der Waals surface area contributed by atoms with E-state index in [0.29, 0.717) is 6.04 Å². The maximum absolute atomic E-state index is 4.33. The van der Waals surface area contributed by atoms with E-state index in [2.05, 4.69) is 53.1 Å². The molecule has 2 aromatic rings. The largest absolute Gasteiger partial charge is 0.356 e. The second kappa shape index (κ2) is 3.91. The van der Waals surface area contributed by atoms with Crippen LogP contribution >= 0.6 is 0 Å². The predicted octanol–water partition coefficient (Wildman–Crippen LogP) is 2.90. The van der Waals surface area contributed by atoms with Crippen LogP contribution in [-0.2, 0) is 0 Å². The molecule has 1 aliphatic rings. The van der Waals surface area contributed by atoms with E-state index in [9.17, 15) is 0 Å². The summed E-state index contributed by atoms with van der Waals surface area (Å²) in [5.74, 6) is 0.986. The lowest BCUT2D eigenvalue weighted by molar-refractivity contribution is 0.530. The standard InChI is InChI=1S/C14H17N3/c1-10-7-11(2)9-12(8-10)13-3-4-15-14-16-5-6-17(13)14/h5-9,13H,3-4H2,1-2H3,(H,15,16). The van der Waals surface area contributed by atoms with Gasteiger partial charge in [-0.05, 0) is 25.8 Å². The molecule has 0 fully saturated rings. The van der Waals surface area contributed by atoms with Gasteiger partial charge in [0.15, 0.2) is 0 Å². The Hall–Kier alpha value is -1.77. The van der Waals surface area contributed by atoms with Crippen LogP contribution in [0.1, 0.15) is 29.2 Å². The number of hydrogen-bond donors (Lipinski definition) is 1. The monoisotopic (exact) mass is 227 g/mol. The van der Waals surface area contributed by atoms with Gasteiger partial charge >= 0.3 is 0 Å². The molecule has 1 N–H and O–H groups in total. The van der Waals surface area contributed by atoms with Crippen molar-refractivity contribution in [3.05, 3.63) is 47.3 Å². The van der Waals surface area contributed by atoms with Crippen LogP contribution < -0.4 is 5.32 Å². The molecule has 1 aromatic heterocycles. The lowest BCUT2D eigenvalue weighted by atomic mass is 9.98. The van der Waals surface area contributed by atoms with Gasteiger partial charge in [0.2, 0.25) is 5.95 Å². The van der Waals surface area contributed by atoms with E-state index < -0.39 is 0 Å². The molecule has 0 radical (unpaired) electrons. The van der Waals surface area contributed by atoms with Crippen LogP contribution in [0.4, 0.5) is 5.95 Å². The van der Waals surface area contributed by atoms with E-state index in [1.165, 1.54) is 16.7 Å². The molecule has 0 saturated carbocycles. The predicted molar refractivity (Wildman–Crippen MR) is 69.4 cm³/mol. The van der Waals surface area contributed by atoms with Crippen LogP contribution in [0.15, 0.2) is 30.6 Å². The molecule has 1 aromatic carbocycles. The number of hydrogen-bond acceptors (Lipinski definition) is 2. The number of aryl methyl sites for hydroxylation is 2. The fourth-order valence-electron chi connectivity index (χ4n) is 2.69. The van der Waals surface area contributed by atoms with Crippen LogP contribution in [0.25, 0.3) is 0 Å². The molecule has 0 saturated heterocycles. The van der Waals surface area contributed by atoms with Crippen LogP contribution in [0.3, 0.4) is 0 Å². The van der Waals surface area contributed by atoms with Gasteiger partial charge in [-0.15, -0.1) is 0 Å². The topological polar surface area (TPSA) is 29.9 Å². The Kier molecular flexibility index (Phi) is 2.39. The summed E-state index contributed by atoms with van der Waals surface area (Å²) >= 11 is 0. The van der Waals surface area contributed by atoms with E-state index in [1.54, 1.807) is 0 Å². The van der Waals surface area contributed by atoms with Crippen molar-refractivity contribution in [1.29, 1.82) is 0 Å². The van der Waals surface area contributed by atoms with E-state index in [1.807, 2.05) is 6.20 Å². The van der Waals surface area contributed by atoms with Crippen molar-refractivity contribution < 1.29 is 0 Å². The summed E-state index contributed by atoms with van der Waals surface area (Å²) in [5.41, 5.74) is 4.06. The fourth-order valence-corrected chi connectivity index (χ4v) is 2.69. The zero-order valence-corrected chi connectivity index (χ0v) is 10.3. The van der Waals surface area contributed by atoms with Gasteiger partial charge in [-0.3, -0.25) is 0 Å². The van der Waals surface area contributed by atoms with E-state index >= 15 is 0 Å². The molecule has 3 rings (SSSR count). The number of nitrogens with zero attached hydrogens (tertiary/aromatic N) is 2. The molecule has 1 atom stereocenters. The van der Waals surface area contributed by atoms with E-state index in [-0.39, 0.29) is 0 Å². The third kappa shape index (κ3) is 1.82. The number of anilines is 1. The molecule has 0 bridgehead atoms. The van der Waals surface area contributed by atoms with Gasteiger partial charge in [-0.2, -0.15) is 0 Å². The van der Waals surface area contributed by atoms with Crippen LogP contribution in [0.5, 0.6) is 0 Å². The first-order chi connectivity index (χ1) is 8.24. The van der Waals surface area contributed by atoms with Gasteiger partial charge in [0.05, 0.1) is 6.04 Å². The first-order valence-corrected chi connectivity index (χ1v) is 6.09. The summed E-state index contributed by atoms with van der Waals surface area (Å²) in [7, 11) is 0. The molecule has 1 aliphatic heterocycles. The molecule has 3 heteroatoms. The minimum atomic E-state index is 0.423. The van der Waals surface area contributed by atoms with E-state index in [0.717, 1.165) is 18.9 Å². The number of imidazole rings is 1. The van der Waals surface area contributed by atoms with Crippen molar-refractivity contribution in [1.82, 2.24) is 9.55 Å². The molecule has 0 amide bonds. The lowest BCUT2D eigenvalue weighted by Crippen LogP contribution is -2.23. The quantitative estimate of drug-likeness (QED) is 0.811. The highest BCUT2D eigenvalue weighted by molar-refractivity contribution is 5.37. The average Bonchev–Trinajstić information content (AvgIpc) is 2.75. The van der Waals surface area contributed by atoms with Gasteiger partial charge in [0.25, 0.3) is 0 Å². The van der Waals surface area contributed by atoms with Crippen molar-refractivity contribution in [2.24, 2.45) is 0 Å². The fraction of sp³-hybridized carbons (Fsp3) is 0.357. The normalized spacial score (nSPS) is 18.6. The Morgan fingerprint density at radius 3 is 2.76 bits per heavy atom. The molecule has 88 valence electrons. The number of rotatable bonds is 1. The number of benzene rings is 1. The van der Waals surface area contributed by atoms with E-state index in [4.69, 9.17) is 0 Å². The van der Waals surface area contributed by atoms with Crippen molar-refractivity contribution in [3.63, 3.8) is 0 Å². The zero-order valence-electron chi connectivity index (χ0n) is 10.3.